The van der Waals surface area contributed by atoms with E-state index in [4.69, 9.17) is 16.7 Å². The third-order valence-electron chi connectivity index (χ3n) is 2.54. The highest BCUT2D eigenvalue weighted by molar-refractivity contribution is 6.31. The fourth-order valence-electron chi connectivity index (χ4n) is 1.71. The van der Waals surface area contributed by atoms with Gasteiger partial charge in [0.15, 0.2) is 0 Å². The quantitative estimate of drug-likeness (QED) is 0.641. The lowest BCUT2D eigenvalue weighted by Crippen LogP contribution is -2.34. The minimum absolute atomic E-state index is 0.0173. The van der Waals surface area contributed by atoms with E-state index in [1.807, 2.05) is 6.92 Å². The van der Waals surface area contributed by atoms with Crippen molar-refractivity contribution in [3.05, 3.63) is 38.9 Å². The third-order valence-corrected chi connectivity index (χ3v) is 2.77. The maximum Gasteiger partial charge on any atom is 0.283 e. The first-order valence-corrected chi connectivity index (χ1v) is 6.23. The van der Waals surface area contributed by atoms with E-state index in [9.17, 15) is 14.9 Å². The highest BCUT2D eigenvalue weighted by Crippen LogP contribution is 2.24. The lowest BCUT2D eigenvalue weighted by Gasteiger charge is -2.20. The Morgan fingerprint density at radius 1 is 1.47 bits per heavy atom. The molecule has 0 atom stereocenters. The highest BCUT2D eigenvalue weighted by Gasteiger charge is 2.24. The topological polar surface area (TPSA) is 83.7 Å². The summed E-state index contributed by atoms with van der Waals surface area (Å²) in [5.41, 5.74) is -0.340. The maximum atomic E-state index is 12.2. The number of carbonyl (C=O) groups is 1. The van der Waals surface area contributed by atoms with Crippen LogP contribution in [-0.4, -0.2) is 40.5 Å². The summed E-state index contributed by atoms with van der Waals surface area (Å²) in [6.45, 7) is 2.27. The Kier molecular flexibility index (Phi) is 5.72. The molecule has 6 nitrogen and oxygen atoms in total. The normalized spacial score (nSPS) is 10.3. The number of carbonyl (C=O) groups excluding carboxylic acids is 1. The average molecular weight is 287 g/mol. The van der Waals surface area contributed by atoms with Gasteiger partial charge >= 0.3 is 0 Å². The van der Waals surface area contributed by atoms with Crippen molar-refractivity contribution < 1.29 is 14.8 Å². The van der Waals surface area contributed by atoms with Gasteiger partial charge in [0.2, 0.25) is 0 Å². The van der Waals surface area contributed by atoms with Crippen molar-refractivity contribution in [1.29, 1.82) is 0 Å². The Morgan fingerprint density at radius 3 is 2.68 bits per heavy atom. The van der Waals surface area contributed by atoms with Crippen molar-refractivity contribution in [3.63, 3.8) is 0 Å². The molecule has 1 N–H and O–H groups in total. The van der Waals surface area contributed by atoms with Gasteiger partial charge in [-0.15, -0.1) is 0 Å². The van der Waals surface area contributed by atoms with Crippen LogP contribution in [0.15, 0.2) is 18.2 Å². The number of hydrogen-bond acceptors (Lipinski definition) is 4. The van der Waals surface area contributed by atoms with Gasteiger partial charge in [-0.1, -0.05) is 18.5 Å². The molecule has 0 radical (unpaired) electrons. The first-order chi connectivity index (χ1) is 9.01. The number of nitrogens with zero attached hydrogens (tertiary/aromatic N) is 2. The van der Waals surface area contributed by atoms with E-state index in [-0.39, 0.29) is 29.4 Å². The molecular formula is C12H15ClN2O4. The maximum absolute atomic E-state index is 12.2. The van der Waals surface area contributed by atoms with E-state index in [1.165, 1.54) is 17.0 Å². The SMILES string of the molecule is CCCN(CCO)C(=O)c1ccc(Cl)cc1[N+](=O)[O-]. The lowest BCUT2D eigenvalue weighted by atomic mass is 10.1. The number of halogens is 1. The zero-order valence-electron chi connectivity index (χ0n) is 10.5. The van der Waals surface area contributed by atoms with Crippen LogP contribution in [0.4, 0.5) is 5.69 Å². The van der Waals surface area contributed by atoms with E-state index < -0.39 is 10.8 Å². The largest absolute Gasteiger partial charge is 0.395 e. The fraction of sp³-hybridized carbons (Fsp3) is 0.417. The van der Waals surface area contributed by atoms with Gasteiger partial charge in [0.1, 0.15) is 5.56 Å². The van der Waals surface area contributed by atoms with Crippen molar-refractivity contribution in [3.8, 4) is 0 Å². The molecule has 0 bridgehead atoms. The molecule has 0 spiro atoms. The zero-order chi connectivity index (χ0) is 14.4. The number of hydrogen-bond donors (Lipinski definition) is 1. The van der Waals surface area contributed by atoms with Crippen LogP contribution < -0.4 is 0 Å². The minimum atomic E-state index is -0.637. The second-order valence-electron chi connectivity index (χ2n) is 3.93. The van der Waals surface area contributed by atoms with Gasteiger partial charge in [0, 0.05) is 24.2 Å². The number of nitro groups is 1. The number of aliphatic hydroxyl groups is 1. The first-order valence-electron chi connectivity index (χ1n) is 5.85. The van der Waals surface area contributed by atoms with Crippen LogP contribution in [0.3, 0.4) is 0 Å². The summed E-state index contributed by atoms with van der Waals surface area (Å²) < 4.78 is 0. The van der Waals surface area contributed by atoms with Crippen molar-refractivity contribution in [1.82, 2.24) is 4.90 Å². The molecule has 19 heavy (non-hydrogen) atoms. The smallest absolute Gasteiger partial charge is 0.283 e. The summed E-state index contributed by atoms with van der Waals surface area (Å²) in [4.78, 5) is 23.9. The van der Waals surface area contributed by atoms with Crippen LogP contribution in [0.1, 0.15) is 23.7 Å². The number of amides is 1. The Bertz CT molecular complexity index is 473. The van der Waals surface area contributed by atoms with Gasteiger partial charge in [-0.2, -0.15) is 0 Å². The van der Waals surface area contributed by atoms with Crippen molar-refractivity contribution in [2.75, 3.05) is 19.7 Å². The molecule has 0 saturated carbocycles. The van der Waals surface area contributed by atoms with E-state index in [0.29, 0.717) is 13.0 Å². The molecule has 0 aliphatic heterocycles. The Morgan fingerprint density at radius 2 is 2.16 bits per heavy atom. The molecular weight excluding hydrogens is 272 g/mol. The van der Waals surface area contributed by atoms with E-state index in [2.05, 4.69) is 0 Å². The molecule has 1 aromatic rings. The van der Waals surface area contributed by atoms with E-state index in [1.54, 1.807) is 0 Å². The summed E-state index contributed by atoms with van der Waals surface area (Å²) in [6.07, 6.45) is 0.702. The predicted molar refractivity (Wildman–Crippen MR) is 71.4 cm³/mol. The standard InChI is InChI=1S/C12H15ClN2O4/c1-2-5-14(6-7-16)12(17)10-4-3-9(13)8-11(10)15(18)19/h3-4,8,16H,2,5-7H2,1H3. The summed E-state index contributed by atoms with van der Waals surface area (Å²) in [5.74, 6) is -0.473. The molecule has 0 unspecified atom stereocenters. The number of benzene rings is 1. The molecule has 0 aromatic heterocycles. The van der Waals surface area contributed by atoms with Crippen LogP contribution in [-0.2, 0) is 0 Å². The molecule has 0 heterocycles. The highest BCUT2D eigenvalue weighted by atomic mass is 35.5. The Hall–Kier alpha value is -1.66. The number of nitro benzene ring substituents is 1. The van der Waals surface area contributed by atoms with E-state index >= 15 is 0 Å². The van der Waals surface area contributed by atoms with Crippen LogP contribution >= 0.6 is 11.6 Å². The second kappa shape index (κ2) is 7.06. The van der Waals surface area contributed by atoms with Gasteiger partial charge in [0.25, 0.3) is 11.6 Å². The van der Waals surface area contributed by atoms with Crippen molar-refractivity contribution in [2.24, 2.45) is 0 Å². The van der Waals surface area contributed by atoms with Gasteiger partial charge in [-0.05, 0) is 18.6 Å². The molecule has 1 aromatic carbocycles. The molecule has 0 fully saturated rings. The molecule has 0 aliphatic rings. The first kappa shape index (κ1) is 15.4. The van der Waals surface area contributed by atoms with Gasteiger partial charge in [-0.25, -0.2) is 0 Å². The predicted octanol–water partition coefficient (Wildman–Crippen LogP) is 2.09. The summed E-state index contributed by atoms with van der Waals surface area (Å²) in [5, 5.41) is 20.1. The molecule has 0 aliphatic carbocycles. The van der Waals surface area contributed by atoms with Crippen LogP contribution in [0.25, 0.3) is 0 Å². The van der Waals surface area contributed by atoms with E-state index in [0.717, 1.165) is 6.07 Å². The number of aliphatic hydroxyl groups excluding tert-OH is 1. The van der Waals surface area contributed by atoms with Gasteiger partial charge < -0.3 is 10.0 Å². The summed E-state index contributed by atoms with van der Waals surface area (Å²) >= 11 is 5.70. The third kappa shape index (κ3) is 3.90. The summed E-state index contributed by atoms with van der Waals surface area (Å²) in [7, 11) is 0. The Balaban J connectivity index is 3.13. The van der Waals surface area contributed by atoms with Crippen LogP contribution in [0.2, 0.25) is 5.02 Å². The van der Waals surface area contributed by atoms with Crippen molar-refractivity contribution >= 4 is 23.2 Å². The van der Waals surface area contributed by atoms with Crippen LogP contribution in [0, 0.1) is 10.1 Å². The zero-order valence-corrected chi connectivity index (χ0v) is 11.3. The average Bonchev–Trinajstić information content (AvgIpc) is 2.37. The molecule has 7 heteroatoms. The second-order valence-corrected chi connectivity index (χ2v) is 4.37. The molecule has 0 saturated heterocycles. The van der Waals surface area contributed by atoms with Gasteiger partial charge in [-0.3, -0.25) is 14.9 Å². The molecule has 1 rings (SSSR count). The molecule has 1 amide bonds. The van der Waals surface area contributed by atoms with Crippen molar-refractivity contribution in [2.45, 2.75) is 13.3 Å². The van der Waals surface area contributed by atoms with Crippen LogP contribution in [0.5, 0.6) is 0 Å². The minimum Gasteiger partial charge on any atom is -0.395 e. The summed E-state index contributed by atoms with van der Waals surface area (Å²) in [6, 6.07) is 3.92. The number of rotatable bonds is 6. The fourth-order valence-corrected chi connectivity index (χ4v) is 1.88. The Labute approximate surface area is 115 Å². The lowest BCUT2D eigenvalue weighted by molar-refractivity contribution is -0.385. The monoisotopic (exact) mass is 286 g/mol. The van der Waals surface area contributed by atoms with Gasteiger partial charge in [0.05, 0.1) is 11.5 Å². The molecule has 104 valence electrons.